The van der Waals surface area contributed by atoms with Crippen LogP contribution in [0.15, 0.2) is 83.7 Å². The molecule has 0 aliphatic heterocycles. The van der Waals surface area contributed by atoms with E-state index in [2.05, 4.69) is 6.07 Å². The molecule has 0 aliphatic rings. The maximum atomic E-state index is 13.7. The van der Waals surface area contributed by atoms with Gasteiger partial charge in [-0.05, 0) is 55.3 Å². The Hall–Kier alpha value is -4.37. The van der Waals surface area contributed by atoms with Crippen molar-refractivity contribution in [1.29, 1.82) is 5.26 Å². The lowest BCUT2D eigenvalue weighted by Crippen LogP contribution is -2.22. The van der Waals surface area contributed by atoms with Crippen LogP contribution in [0.25, 0.3) is 22.6 Å². The molecule has 0 N–H and O–H groups in total. The number of ether oxygens (including phenoxy) is 1. The van der Waals surface area contributed by atoms with Crippen molar-refractivity contribution in [2.24, 2.45) is 0 Å². The van der Waals surface area contributed by atoms with Gasteiger partial charge in [0.1, 0.15) is 0 Å². The van der Waals surface area contributed by atoms with E-state index in [0.29, 0.717) is 18.4 Å². The molecule has 4 aromatic rings. The molecular weight excluding hydrogens is 414 g/mol. The number of methoxy groups -OCH3 is 1. The van der Waals surface area contributed by atoms with Gasteiger partial charge in [0.2, 0.25) is 0 Å². The van der Waals surface area contributed by atoms with Gasteiger partial charge in [0, 0.05) is 17.7 Å². The minimum Gasteiger partial charge on any atom is -0.469 e. The third kappa shape index (κ3) is 4.35. The molecule has 1 aromatic heterocycles. The SMILES string of the molecule is COC(=O)CCc1ccc(-n2c(C)c(-c3ccc(C#N)cc3)n(-c3ccccc3)c2=O)cc1. The lowest BCUT2D eigenvalue weighted by molar-refractivity contribution is -0.140. The second-order valence-electron chi connectivity index (χ2n) is 7.65. The maximum absolute atomic E-state index is 13.7. The van der Waals surface area contributed by atoms with Gasteiger partial charge in [-0.2, -0.15) is 5.26 Å². The standard InChI is InChI=1S/C27H23N3O3/c1-19-26(22-13-8-21(18-28)9-14-22)30(23-6-4-3-5-7-23)27(32)29(19)24-15-10-20(11-16-24)12-17-25(31)33-2/h3-11,13-16H,12,17H2,1-2H3. The van der Waals surface area contributed by atoms with Crippen molar-refractivity contribution in [3.8, 4) is 28.7 Å². The summed E-state index contributed by atoms with van der Waals surface area (Å²) in [4.78, 5) is 25.1. The Bertz CT molecular complexity index is 1370. The van der Waals surface area contributed by atoms with Gasteiger partial charge >= 0.3 is 11.7 Å². The Morgan fingerprint density at radius 1 is 0.909 bits per heavy atom. The molecule has 3 aromatic carbocycles. The minimum absolute atomic E-state index is 0.180. The summed E-state index contributed by atoms with van der Waals surface area (Å²) in [6, 6.07) is 26.5. The number of para-hydroxylation sites is 1. The fourth-order valence-corrected chi connectivity index (χ4v) is 3.93. The van der Waals surface area contributed by atoms with Crippen LogP contribution >= 0.6 is 0 Å². The predicted molar refractivity (Wildman–Crippen MR) is 127 cm³/mol. The molecule has 4 rings (SSSR count). The molecule has 0 bridgehead atoms. The third-order valence-corrected chi connectivity index (χ3v) is 5.63. The van der Waals surface area contributed by atoms with Crippen molar-refractivity contribution in [3.63, 3.8) is 0 Å². The van der Waals surface area contributed by atoms with Gasteiger partial charge < -0.3 is 4.74 Å². The number of esters is 1. The van der Waals surface area contributed by atoms with E-state index in [9.17, 15) is 9.59 Å². The third-order valence-electron chi connectivity index (χ3n) is 5.63. The van der Waals surface area contributed by atoms with E-state index < -0.39 is 0 Å². The molecule has 0 saturated heterocycles. The van der Waals surface area contributed by atoms with Crippen LogP contribution in [0.4, 0.5) is 0 Å². The van der Waals surface area contributed by atoms with Crippen LogP contribution in [0.5, 0.6) is 0 Å². The number of aromatic nitrogens is 2. The molecule has 0 amide bonds. The molecule has 0 unspecified atom stereocenters. The van der Waals surface area contributed by atoms with Crippen LogP contribution in [0.1, 0.15) is 23.2 Å². The number of aryl methyl sites for hydroxylation is 1. The van der Waals surface area contributed by atoms with Crippen molar-refractivity contribution in [2.75, 3.05) is 7.11 Å². The first-order valence-corrected chi connectivity index (χ1v) is 10.6. The first kappa shape index (κ1) is 21.8. The summed E-state index contributed by atoms with van der Waals surface area (Å²) >= 11 is 0. The molecule has 33 heavy (non-hydrogen) atoms. The van der Waals surface area contributed by atoms with Gasteiger partial charge in [0.25, 0.3) is 0 Å². The quantitative estimate of drug-likeness (QED) is 0.414. The monoisotopic (exact) mass is 437 g/mol. The Kier molecular flexibility index (Phi) is 6.23. The van der Waals surface area contributed by atoms with Crippen molar-refractivity contribution in [2.45, 2.75) is 19.8 Å². The Labute approximate surface area is 191 Å². The van der Waals surface area contributed by atoms with E-state index in [1.165, 1.54) is 7.11 Å². The van der Waals surface area contributed by atoms with Crippen molar-refractivity contribution < 1.29 is 9.53 Å². The summed E-state index contributed by atoms with van der Waals surface area (Å²) in [5.74, 6) is -0.252. The second kappa shape index (κ2) is 9.41. The number of nitrogens with zero attached hydrogens (tertiary/aromatic N) is 3. The molecule has 0 saturated carbocycles. The average Bonchev–Trinajstić information content (AvgIpc) is 3.13. The number of imidazole rings is 1. The molecule has 1 heterocycles. The van der Waals surface area contributed by atoms with Gasteiger partial charge in [-0.15, -0.1) is 0 Å². The Balaban J connectivity index is 1.83. The average molecular weight is 437 g/mol. The topological polar surface area (TPSA) is 77.0 Å². The summed E-state index contributed by atoms with van der Waals surface area (Å²) < 4.78 is 8.09. The predicted octanol–water partition coefficient (Wildman–Crippen LogP) is 4.58. The summed E-state index contributed by atoms with van der Waals surface area (Å²) in [5, 5.41) is 9.15. The number of benzene rings is 3. The fraction of sp³-hybridized carbons (Fsp3) is 0.148. The highest BCUT2D eigenvalue weighted by Crippen LogP contribution is 2.28. The van der Waals surface area contributed by atoms with Crippen molar-refractivity contribution in [3.05, 3.63) is 106 Å². The molecule has 0 radical (unpaired) electrons. The maximum Gasteiger partial charge on any atom is 0.338 e. The van der Waals surface area contributed by atoms with Crippen LogP contribution < -0.4 is 5.69 Å². The van der Waals surface area contributed by atoms with Gasteiger partial charge in [-0.1, -0.05) is 42.5 Å². The molecule has 6 heteroatoms. The number of nitriles is 1. The number of rotatable bonds is 6. The van der Waals surface area contributed by atoms with E-state index >= 15 is 0 Å². The fourth-order valence-electron chi connectivity index (χ4n) is 3.93. The van der Waals surface area contributed by atoms with Crippen LogP contribution in [0, 0.1) is 18.3 Å². The molecule has 0 spiro atoms. The van der Waals surface area contributed by atoms with Crippen molar-refractivity contribution in [1.82, 2.24) is 9.13 Å². The van der Waals surface area contributed by atoms with Crippen LogP contribution in [0.2, 0.25) is 0 Å². The second-order valence-corrected chi connectivity index (χ2v) is 7.65. The highest BCUT2D eigenvalue weighted by molar-refractivity contribution is 5.69. The summed E-state index contributed by atoms with van der Waals surface area (Å²) in [6.07, 6.45) is 0.879. The number of hydrogen-bond acceptors (Lipinski definition) is 4. The number of carbonyl (C=O) groups is 1. The summed E-state index contributed by atoms with van der Waals surface area (Å²) in [6.45, 7) is 1.92. The Morgan fingerprint density at radius 2 is 1.55 bits per heavy atom. The first-order valence-electron chi connectivity index (χ1n) is 10.6. The summed E-state index contributed by atoms with van der Waals surface area (Å²) in [7, 11) is 1.38. The first-order chi connectivity index (χ1) is 16.0. The van der Waals surface area contributed by atoms with E-state index in [1.807, 2.05) is 73.7 Å². The molecule has 0 fully saturated rings. The zero-order valence-electron chi connectivity index (χ0n) is 18.5. The number of hydrogen-bond donors (Lipinski definition) is 0. The zero-order valence-corrected chi connectivity index (χ0v) is 18.5. The lowest BCUT2D eigenvalue weighted by atomic mass is 10.1. The van der Waals surface area contributed by atoms with Crippen molar-refractivity contribution >= 4 is 5.97 Å². The molecule has 0 atom stereocenters. The highest BCUT2D eigenvalue weighted by atomic mass is 16.5. The van der Waals surface area contributed by atoms with Gasteiger partial charge in [0.05, 0.1) is 35.8 Å². The number of carbonyl (C=O) groups excluding carboxylic acids is 1. The summed E-state index contributed by atoms with van der Waals surface area (Å²) in [5.41, 5.74) is 5.28. The van der Waals surface area contributed by atoms with Gasteiger partial charge in [0.15, 0.2) is 0 Å². The van der Waals surface area contributed by atoms with Crippen LogP contribution in [-0.4, -0.2) is 22.2 Å². The van der Waals surface area contributed by atoms with E-state index in [-0.39, 0.29) is 11.7 Å². The molecule has 164 valence electrons. The largest absolute Gasteiger partial charge is 0.469 e. The van der Waals surface area contributed by atoms with E-state index in [1.54, 1.807) is 21.3 Å². The zero-order chi connectivity index (χ0) is 23.4. The minimum atomic E-state index is -0.252. The van der Waals surface area contributed by atoms with Gasteiger partial charge in [-0.3, -0.25) is 13.9 Å². The smallest absolute Gasteiger partial charge is 0.338 e. The van der Waals surface area contributed by atoms with Crippen LogP contribution in [0.3, 0.4) is 0 Å². The normalized spacial score (nSPS) is 10.6. The molecule has 6 nitrogen and oxygen atoms in total. The van der Waals surface area contributed by atoms with E-state index in [0.717, 1.165) is 33.9 Å². The van der Waals surface area contributed by atoms with Gasteiger partial charge in [-0.25, -0.2) is 4.79 Å². The Morgan fingerprint density at radius 3 is 2.15 bits per heavy atom. The van der Waals surface area contributed by atoms with E-state index in [4.69, 9.17) is 10.00 Å². The highest BCUT2D eigenvalue weighted by Gasteiger charge is 2.20. The molecule has 0 aliphatic carbocycles. The lowest BCUT2D eigenvalue weighted by Gasteiger charge is -2.09. The van der Waals surface area contributed by atoms with Crippen LogP contribution in [-0.2, 0) is 16.0 Å². The molecular formula is C27H23N3O3.